The molecule has 0 radical (unpaired) electrons. The average Bonchev–Trinajstić information content (AvgIpc) is 3.42. The number of anilines is 1. The molecule has 1 fully saturated rings. The predicted octanol–water partition coefficient (Wildman–Crippen LogP) is 4.05. The van der Waals surface area contributed by atoms with E-state index in [9.17, 15) is 9.18 Å². The smallest absolute Gasteiger partial charge is 0.227 e. The second-order valence-corrected chi connectivity index (χ2v) is 7.64. The van der Waals surface area contributed by atoms with Crippen molar-refractivity contribution in [1.82, 2.24) is 30.1 Å². The maximum Gasteiger partial charge on any atom is 0.227 e. The molecule has 0 bridgehead atoms. The first kappa shape index (κ1) is 17.7. The van der Waals surface area contributed by atoms with Gasteiger partial charge in [-0.3, -0.25) is 14.9 Å². The van der Waals surface area contributed by atoms with Crippen LogP contribution in [0.5, 0.6) is 0 Å². The molecular weight excluding hydrogens is 397 g/mol. The number of imidazole rings is 1. The maximum absolute atomic E-state index is 14.9. The van der Waals surface area contributed by atoms with Crippen LogP contribution in [0, 0.1) is 11.7 Å². The van der Waals surface area contributed by atoms with Crippen LogP contribution >= 0.6 is 0 Å². The Labute approximate surface area is 175 Å². The summed E-state index contributed by atoms with van der Waals surface area (Å²) in [5.74, 6) is 0.177. The molecular formula is C22H16FN7O. The lowest BCUT2D eigenvalue weighted by Gasteiger charge is -2.08. The summed E-state index contributed by atoms with van der Waals surface area (Å²) in [7, 11) is 0. The van der Waals surface area contributed by atoms with Crippen LogP contribution in [-0.4, -0.2) is 36.0 Å². The molecule has 3 N–H and O–H groups in total. The molecule has 0 atom stereocenters. The minimum atomic E-state index is -0.415. The number of amides is 1. The van der Waals surface area contributed by atoms with Crippen molar-refractivity contribution in [1.29, 1.82) is 0 Å². The van der Waals surface area contributed by atoms with E-state index in [2.05, 4.69) is 35.5 Å². The average molecular weight is 413 g/mol. The Morgan fingerprint density at radius 3 is 2.90 bits per heavy atom. The van der Waals surface area contributed by atoms with Crippen LogP contribution in [0.2, 0.25) is 0 Å². The second kappa shape index (κ2) is 6.69. The molecule has 1 aliphatic carbocycles. The van der Waals surface area contributed by atoms with Gasteiger partial charge in [0.2, 0.25) is 5.91 Å². The highest BCUT2D eigenvalue weighted by atomic mass is 19.1. The van der Waals surface area contributed by atoms with Gasteiger partial charge in [0.05, 0.1) is 22.9 Å². The minimum Gasteiger partial charge on any atom is -0.335 e. The first-order chi connectivity index (χ1) is 15.2. The molecule has 1 amide bonds. The van der Waals surface area contributed by atoms with Gasteiger partial charge in [0.1, 0.15) is 11.5 Å². The van der Waals surface area contributed by atoms with E-state index in [0.717, 1.165) is 18.4 Å². The fourth-order valence-electron chi connectivity index (χ4n) is 3.64. The Balaban J connectivity index is 1.43. The number of nitrogens with one attached hydrogen (secondary N) is 3. The van der Waals surface area contributed by atoms with Gasteiger partial charge in [0, 0.05) is 40.9 Å². The number of fused-ring (bicyclic) bond motifs is 2. The largest absolute Gasteiger partial charge is 0.335 e. The molecule has 0 spiro atoms. The van der Waals surface area contributed by atoms with E-state index in [1.807, 2.05) is 12.1 Å². The zero-order chi connectivity index (χ0) is 20.9. The van der Waals surface area contributed by atoms with Gasteiger partial charge in [-0.1, -0.05) is 0 Å². The Morgan fingerprint density at radius 1 is 1.16 bits per heavy atom. The van der Waals surface area contributed by atoms with Crippen molar-refractivity contribution in [2.45, 2.75) is 12.8 Å². The molecule has 31 heavy (non-hydrogen) atoms. The van der Waals surface area contributed by atoms with Crippen LogP contribution in [0.1, 0.15) is 12.8 Å². The Kier molecular flexibility index (Phi) is 3.82. The summed E-state index contributed by atoms with van der Waals surface area (Å²) in [4.78, 5) is 28.2. The SMILES string of the molecule is O=C(Nc1cncc(-c2cc3c(-c4nc5ncccc5[nH]4)n[nH]c3cc2F)c1)C1CC1. The van der Waals surface area contributed by atoms with E-state index >= 15 is 0 Å². The third-order valence-corrected chi connectivity index (χ3v) is 5.40. The van der Waals surface area contributed by atoms with Crippen LogP contribution < -0.4 is 5.32 Å². The van der Waals surface area contributed by atoms with Gasteiger partial charge in [-0.25, -0.2) is 14.4 Å². The van der Waals surface area contributed by atoms with Crippen molar-refractivity contribution in [3.05, 3.63) is 54.7 Å². The lowest BCUT2D eigenvalue weighted by molar-refractivity contribution is -0.117. The topological polar surface area (TPSA) is 112 Å². The number of rotatable bonds is 4. The van der Waals surface area contributed by atoms with E-state index in [1.165, 1.54) is 6.07 Å². The summed E-state index contributed by atoms with van der Waals surface area (Å²) in [5.41, 5.74) is 3.96. The quantitative estimate of drug-likeness (QED) is 0.411. The number of halogens is 1. The zero-order valence-electron chi connectivity index (χ0n) is 16.2. The third kappa shape index (κ3) is 3.10. The van der Waals surface area contributed by atoms with Crippen molar-refractivity contribution < 1.29 is 9.18 Å². The van der Waals surface area contributed by atoms with E-state index in [0.29, 0.717) is 44.9 Å². The van der Waals surface area contributed by atoms with Gasteiger partial charge in [-0.15, -0.1) is 0 Å². The molecule has 8 nitrogen and oxygen atoms in total. The number of nitrogens with zero attached hydrogens (tertiary/aromatic N) is 4. The Hall–Kier alpha value is -4.14. The molecule has 0 aliphatic heterocycles. The minimum absolute atomic E-state index is 0.0227. The summed E-state index contributed by atoms with van der Waals surface area (Å²) in [5, 5.41) is 10.8. The van der Waals surface area contributed by atoms with Gasteiger partial charge in [0.25, 0.3) is 0 Å². The number of carbonyl (C=O) groups excluding carboxylic acids is 1. The molecule has 5 aromatic rings. The summed E-state index contributed by atoms with van der Waals surface area (Å²) in [6.45, 7) is 0. The number of carbonyl (C=O) groups is 1. The molecule has 1 saturated carbocycles. The molecule has 0 unspecified atom stereocenters. The van der Waals surface area contributed by atoms with Crippen LogP contribution in [-0.2, 0) is 4.79 Å². The Morgan fingerprint density at radius 2 is 2.06 bits per heavy atom. The first-order valence-corrected chi connectivity index (χ1v) is 9.91. The van der Waals surface area contributed by atoms with Gasteiger partial charge < -0.3 is 10.3 Å². The van der Waals surface area contributed by atoms with Gasteiger partial charge in [-0.05, 0) is 37.1 Å². The van der Waals surface area contributed by atoms with Crippen LogP contribution in [0.15, 0.2) is 48.9 Å². The molecule has 4 aromatic heterocycles. The summed E-state index contributed by atoms with van der Waals surface area (Å²) in [6, 6.07) is 8.54. The zero-order valence-corrected chi connectivity index (χ0v) is 16.2. The molecule has 9 heteroatoms. The monoisotopic (exact) mass is 413 g/mol. The molecule has 1 aliphatic rings. The van der Waals surface area contributed by atoms with Gasteiger partial charge >= 0.3 is 0 Å². The maximum atomic E-state index is 14.9. The first-order valence-electron chi connectivity index (χ1n) is 9.91. The van der Waals surface area contributed by atoms with Crippen molar-refractivity contribution >= 4 is 33.7 Å². The van der Waals surface area contributed by atoms with Crippen molar-refractivity contribution in [2.24, 2.45) is 5.92 Å². The summed E-state index contributed by atoms with van der Waals surface area (Å²) in [6.07, 6.45) is 6.62. The predicted molar refractivity (Wildman–Crippen MR) is 114 cm³/mol. The number of hydrogen-bond donors (Lipinski definition) is 3. The molecule has 1 aromatic carbocycles. The standard InChI is InChI=1S/C22H16FN7O/c23-16-8-18-15(19(30-29-18)21-27-17-2-1-5-25-20(17)28-21)7-14(16)12-6-13(10-24-9-12)26-22(31)11-3-4-11/h1-2,5-11H,3-4H2,(H,26,31)(H,29,30)(H,25,27,28). The normalized spacial score (nSPS) is 13.7. The van der Waals surface area contributed by atoms with E-state index in [4.69, 9.17) is 0 Å². The fraction of sp³-hybridized carbons (Fsp3) is 0.136. The van der Waals surface area contributed by atoms with E-state index in [1.54, 1.807) is 30.7 Å². The van der Waals surface area contributed by atoms with Crippen molar-refractivity contribution in [2.75, 3.05) is 5.32 Å². The molecule has 0 saturated heterocycles. The highest BCUT2D eigenvalue weighted by Crippen LogP contribution is 2.34. The highest BCUT2D eigenvalue weighted by molar-refractivity contribution is 5.97. The van der Waals surface area contributed by atoms with Crippen LogP contribution in [0.3, 0.4) is 0 Å². The van der Waals surface area contributed by atoms with Crippen molar-refractivity contribution in [3.63, 3.8) is 0 Å². The van der Waals surface area contributed by atoms with Gasteiger partial charge in [0.15, 0.2) is 11.5 Å². The van der Waals surface area contributed by atoms with Gasteiger partial charge in [-0.2, -0.15) is 5.10 Å². The number of aromatic nitrogens is 6. The number of benzene rings is 1. The van der Waals surface area contributed by atoms with Crippen molar-refractivity contribution in [3.8, 4) is 22.6 Å². The fourth-order valence-corrected chi connectivity index (χ4v) is 3.64. The number of H-pyrrole nitrogens is 2. The van der Waals surface area contributed by atoms with E-state index < -0.39 is 5.82 Å². The lowest BCUT2D eigenvalue weighted by Crippen LogP contribution is -2.13. The second-order valence-electron chi connectivity index (χ2n) is 7.64. The Bertz CT molecular complexity index is 1430. The van der Waals surface area contributed by atoms with E-state index in [-0.39, 0.29) is 11.8 Å². The molecule has 152 valence electrons. The van der Waals surface area contributed by atoms with Crippen LogP contribution in [0.25, 0.3) is 44.7 Å². The number of pyridine rings is 2. The number of hydrogen-bond acceptors (Lipinski definition) is 5. The summed E-state index contributed by atoms with van der Waals surface area (Å²) >= 11 is 0. The summed E-state index contributed by atoms with van der Waals surface area (Å²) < 4.78 is 14.9. The molecule has 6 rings (SSSR count). The lowest BCUT2D eigenvalue weighted by atomic mass is 10.0. The number of aromatic amines is 2. The molecule has 4 heterocycles. The van der Waals surface area contributed by atoms with Crippen LogP contribution in [0.4, 0.5) is 10.1 Å². The highest BCUT2D eigenvalue weighted by Gasteiger charge is 2.29. The third-order valence-electron chi connectivity index (χ3n) is 5.40.